The minimum atomic E-state index is -1.07. The van der Waals surface area contributed by atoms with E-state index in [0.29, 0.717) is 22.8 Å². The topological polar surface area (TPSA) is 86.8 Å². The van der Waals surface area contributed by atoms with E-state index in [1.807, 2.05) is 0 Å². The normalized spacial score (nSPS) is 27.1. The second-order valence-electron chi connectivity index (χ2n) is 8.10. The Morgan fingerprint density at radius 1 is 1.17 bits per heavy atom. The molecule has 1 aromatic rings. The first-order valence-electron chi connectivity index (χ1n) is 9.70. The quantitative estimate of drug-likeness (QED) is 0.603. The van der Waals surface area contributed by atoms with E-state index in [2.05, 4.69) is 5.32 Å². The maximum absolute atomic E-state index is 13.7. The fourth-order valence-electron chi connectivity index (χ4n) is 5.02. The summed E-state index contributed by atoms with van der Waals surface area (Å²) in [7, 11) is 0. The van der Waals surface area contributed by atoms with E-state index in [1.165, 1.54) is 6.42 Å². The number of urea groups is 1. The maximum Gasteiger partial charge on any atom is 0.334 e. The zero-order chi connectivity index (χ0) is 20.9. The van der Waals surface area contributed by atoms with Gasteiger partial charge in [0.2, 0.25) is 5.91 Å². The number of fused-ring (bicyclic) bond motifs is 2. The Bertz CT molecular complexity index is 906. The zero-order valence-electron chi connectivity index (χ0n) is 15.9. The highest BCUT2D eigenvalue weighted by molar-refractivity contribution is 6.45. The smallest absolute Gasteiger partial charge is 0.322 e. The highest BCUT2D eigenvalue weighted by Crippen LogP contribution is 2.50. The van der Waals surface area contributed by atoms with Crippen molar-refractivity contribution in [3.8, 4) is 0 Å². The third-order valence-corrected chi connectivity index (χ3v) is 6.41. The molecule has 3 aliphatic rings. The van der Waals surface area contributed by atoms with Crippen LogP contribution in [0, 0.1) is 29.4 Å². The molecule has 1 aromatic carbocycles. The van der Waals surface area contributed by atoms with Crippen LogP contribution in [0.2, 0.25) is 0 Å². The minimum absolute atomic E-state index is 0.163. The van der Waals surface area contributed by atoms with Gasteiger partial charge in [-0.1, -0.05) is 6.42 Å². The molecule has 0 radical (unpaired) electrons. The van der Waals surface area contributed by atoms with E-state index >= 15 is 0 Å². The van der Waals surface area contributed by atoms with Gasteiger partial charge in [-0.15, -0.1) is 0 Å². The number of rotatable bonds is 5. The van der Waals surface area contributed by atoms with Crippen LogP contribution in [0.5, 0.6) is 0 Å². The Morgan fingerprint density at radius 2 is 1.93 bits per heavy atom. The Morgan fingerprint density at radius 3 is 2.55 bits per heavy atom. The summed E-state index contributed by atoms with van der Waals surface area (Å²) in [6.07, 6.45) is 4.26. The van der Waals surface area contributed by atoms with E-state index in [4.69, 9.17) is 0 Å². The Labute approximate surface area is 166 Å². The zero-order valence-corrected chi connectivity index (χ0v) is 15.9. The summed E-state index contributed by atoms with van der Waals surface area (Å²) in [5, 5.41) is 2.18. The van der Waals surface area contributed by atoms with Gasteiger partial charge in [0.1, 0.15) is 18.2 Å². The van der Waals surface area contributed by atoms with Crippen LogP contribution in [0.1, 0.15) is 32.6 Å². The molecule has 4 rings (SSSR count). The number of amides is 5. The van der Waals surface area contributed by atoms with E-state index < -0.39 is 48.0 Å². The largest absolute Gasteiger partial charge is 0.334 e. The minimum Gasteiger partial charge on any atom is -0.322 e. The van der Waals surface area contributed by atoms with Crippen LogP contribution in [0.15, 0.2) is 18.2 Å². The molecule has 4 atom stereocenters. The molecule has 1 saturated heterocycles. The summed E-state index contributed by atoms with van der Waals surface area (Å²) >= 11 is 0. The molecule has 29 heavy (non-hydrogen) atoms. The average Bonchev–Trinajstić information content (AvgIpc) is 3.35. The van der Waals surface area contributed by atoms with Gasteiger partial charge in [-0.2, -0.15) is 0 Å². The molecule has 2 bridgehead atoms. The number of carbonyl (C=O) groups excluding carboxylic acids is 4. The lowest BCUT2D eigenvalue weighted by molar-refractivity contribution is -0.144. The fraction of sp³-hybridized carbons (Fsp3) is 0.500. The summed E-state index contributed by atoms with van der Waals surface area (Å²) in [4.78, 5) is 51.2. The summed E-state index contributed by atoms with van der Waals surface area (Å²) in [6, 6.07) is 1.35. The molecule has 9 heteroatoms. The molecule has 7 nitrogen and oxygen atoms in total. The Hall–Kier alpha value is -2.84. The van der Waals surface area contributed by atoms with Crippen molar-refractivity contribution in [3.63, 3.8) is 0 Å². The monoisotopic (exact) mass is 405 g/mol. The predicted molar refractivity (Wildman–Crippen MR) is 97.3 cm³/mol. The molecule has 5 amide bonds. The lowest BCUT2D eigenvalue weighted by Gasteiger charge is -2.32. The van der Waals surface area contributed by atoms with Crippen molar-refractivity contribution in [1.29, 1.82) is 0 Å². The second kappa shape index (κ2) is 7.20. The second-order valence-corrected chi connectivity index (χ2v) is 8.10. The van der Waals surface area contributed by atoms with Crippen molar-refractivity contribution < 1.29 is 28.0 Å². The van der Waals surface area contributed by atoms with Crippen LogP contribution in [0.25, 0.3) is 0 Å². The molecule has 0 aromatic heterocycles. The van der Waals surface area contributed by atoms with Gasteiger partial charge in [0, 0.05) is 12.1 Å². The van der Waals surface area contributed by atoms with Crippen molar-refractivity contribution >= 4 is 29.4 Å². The first kappa shape index (κ1) is 19.5. The first-order chi connectivity index (χ1) is 13.8. The van der Waals surface area contributed by atoms with Gasteiger partial charge in [-0.3, -0.25) is 19.3 Å². The molecule has 3 fully saturated rings. The Kier molecular flexibility index (Phi) is 4.84. The van der Waals surface area contributed by atoms with Gasteiger partial charge in [-0.25, -0.2) is 18.5 Å². The fourth-order valence-corrected chi connectivity index (χ4v) is 5.02. The molecule has 2 saturated carbocycles. The van der Waals surface area contributed by atoms with Crippen LogP contribution in [-0.4, -0.2) is 46.1 Å². The van der Waals surface area contributed by atoms with Gasteiger partial charge < -0.3 is 5.32 Å². The predicted octanol–water partition coefficient (Wildman–Crippen LogP) is 2.52. The summed E-state index contributed by atoms with van der Waals surface area (Å²) < 4.78 is 26.7. The molecule has 4 unspecified atom stereocenters. The number of imide groups is 2. The third-order valence-electron chi connectivity index (χ3n) is 6.41. The number of halogens is 2. The average molecular weight is 405 g/mol. The highest BCUT2D eigenvalue weighted by Gasteiger charge is 2.52. The first-order valence-corrected chi connectivity index (χ1v) is 9.70. The molecular formula is C20H21F2N3O4. The van der Waals surface area contributed by atoms with Gasteiger partial charge >= 0.3 is 17.8 Å². The third kappa shape index (κ3) is 3.38. The molecule has 1 aliphatic heterocycles. The van der Waals surface area contributed by atoms with Gasteiger partial charge in [0.25, 0.3) is 0 Å². The van der Waals surface area contributed by atoms with Gasteiger partial charge in [0.05, 0.1) is 5.69 Å². The van der Waals surface area contributed by atoms with Gasteiger partial charge in [-0.05, 0) is 56.1 Å². The van der Waals surface area contributed by atoms with Crippen LogP contribution in [0.3, 0.4) is 0 Å². The number of hydrogen-bond acceptors (Lipinski definition) is 4. The number of hydrogen-bond donors (Lipinski definition) is 1. The molecule has 2 aliphatic carbocycles. The van der Waals surface area contributed by atoms with Crippen LogP contribution in [-0.2, 0) is 14.4 Å². The SMILES string of the molecule is CC(C1CC2CCC1C2)N1C(=O)C(=O)N(CC(=O)Nc2ccc(F)cc2F)C1=O. The molecule has 1 N–H and O–H groups in total. The standard InChI is InChI=1S/C20H21F2N3O4/c1-10(14-7-11-2-3-12(14)6-11)25-19(28)18(27)24(20(25)29)9-17(26)23-16-5-4-13(21)8-15(16)22/h4-5,8,10-12,14H,2-3,6-7,9H2,1H3,(H,23,26). The van der Waals surface area contributed by atoms with E-state index in [0.717, 1.165) is 36.3 Å². The number of benzene rings is 1. The lowest BCUT2D eigenvalue weighted by Crippen LogP contribution is -2.45. The van der Waals surface area contributed by atoms with Crippen LogP contribution < -0.4 is 5.32 Å². The highest BCUT2D eigenvalue weighted by atomic mass is 19.1. The van der Waals surface area contributed by atoms with Crippen molar-refractivity contribution in [3.05, 3.63) is 29.8 Å². The van der Waals surface area contributed by atoms with Crippen molar-refractivity contribution in [2.75, 3.05) is 11.9 Å². The lowest BCUT2D eigenvalue weighted by atomic mass is 9.83. The van der Waals surface area contributed by atoms with Crippen LogP contribution >= 0.6 is 0 Å². The number of nitrogens with zero attached hydrogens (tertiary/aromatic N) is 2. The van der Waals surface area contributed by atoms with Crippen molar-refractivity contribution in [2.24, 2.45) is 17.8 Å². The van der Waals surface area contributed by atoms with E-state index in [9.17, 15) is 28.0 Å². The van der Waals surface area contributed by atoms with E-state index in [-0.39, 0.29) is 11.6 Å². The van der Waals surface area contributed by atoms with Crippen molar-refractivity contribution in [2.45, 2.75) is 38.6 Å². The maximum atomic E-state index is 13.7. The number of carbonyl (C=O) groups is 4. The number of nitrogens with one attached hydrogen (secondary N) is 1. The van der Waals surface area contributed by atoms with Gasteiger partial charge in [0.15, 0.2) is 0 Å². The van der Waals surface area contributed by atoms with Crippen LogP contribution in [0.4, 0.5) is 19.3 Å². The number of anilines is 1. The molecule has 0 spiro atoms. The molecular weight excluding hydrogens is 384 g/mol. The van der Waals surface area contributed by atoms with Crippen molar-refractivity contribution in [1.82, 2.24) is 9.80 Å². The summed E-state index contributed by atoms with van der Waals surface area (Å²) in [6.45, 7) is 1.05. The molecule has 154 valence electrons. The Balaban J connectivity index is 1.44. The summed E-state index contributed by atoms with van der Waals surface area (Å²) in [5.41, 5.74) is -0.283. The van der Waals surface area contributed by atoms with E-state index in [1.54, 1.807) is 6.92 Å². The molecule has 1 heterocycles. The summed E-state index contributed by atoms with van der Waals surface area (Å²) in [5.74, 6) is -3.43.